The molecule has 2 rings (SSSR count). The fourth-order valence-corrected chi connectivity index (χ4v) is 2.37. The molecular weight excluding hydrogens is 268 g/mol. The normalized spacial score (nSPS) is 16.4. The van der Waals surface area contributed by atoms with Crippen LogP contribution in [0.3, 0.4) is 0 Å². The molecule has 0 atom stereocenters. The molecule has 5 nitrogen and oxygen atoms in total. The molecule has 1 saturated heterocycles. The molecule has 1 aliphatic heterocycles. The van der Waals surface area contributed by atoms with E-state index in [4.69, 9.17) is 11.6 Å². The van der Waals surface area contributed by atoms with Crippen molar-refractivity contribution >= 4 is 23.2 Å². The quantitative estimate of drug-likeness (QED) is 0.618. The van der Waals surface area contributed by atoms with E-state index in [0.717, 1.165) is 12.8 Å². The fourth-order valence-electron chi connectivity index (χ4n) is 2.18. The first-order valence-electron chi connectivity index (χ1n) is 6.22. The van der Waals surface area contributed by atoms with E-state index in [1.807, 2.05) is 0 Å². The Morgan fingerprint density at radius 2 is 2.05 bits per heavy atom. The molecule has 0 spiro atoms. The number of amides is 1. The van der Waals surface area contributed by atoms with Crippen molar-refractivity contribution in [2.75, 3.05) is 13.1 Å². The van der Waals surface area contributed by atoms with Crippen LogP contribution in [0.15, 0.2) is 18.2 Å². The lowest BCUT2D eigenvalue weighted by atomic mass is 9.98. The number of likely N-dealkylation sites (tertiary alicyclic amines) is 1. The topological polar surface area (TPSA) is 63.5 Å². The number of nitro benzene ring substituents is 1. The molecule has 102 valence electrons. The first-order chi connectivity index (χ1) is 8.99. The van der Waals surface area contributed by atoms with Gasteiger partial charge in [0.05, 0.1) is 4.92 Å². The van der Waals surface area contributed by atoms with Gasteiger partial charge in [0, 0.05) is 24.7 Å². The Balaban J connectivity index is 2.20. The Bertz CT molecular complexity index is 511. The van der Waals surface area contributed by atoms with Gasteiger partial charge in [-0.3, -0.25) is 14.9 Å². The lowest BCUT2D eigenvalue weighted by Crippen LogP contribution is -2.37. The zero-order chi connectivity index (χ0) is 14.0. The van der Waals surface area contributed by atoms with Crippen LogP contribution in [0.25, 0.3) is 0 Å². The lowest BCUT2D eigenvalue weighted by molar-refractivity contribution is -0.384. The highest BCUT2D eigenvalue weighted by Crippen LogP contribution is 2.26. The highest BCUT2D eigenvalue weighted by molar-refractivity contribution is 6.32. The molecule has 1 aromatic carbocycles. The Kier molecular flexibility index (Phi) is 4.04. The Labute approximate surface area is 116 Å². The van der Waals surface area contributed by atoms with Crippen molar-refractivity contribution in [2.45, 2.75) is 19.8 Å². The summed E-state index contributed by atoms with van der Waals surface area (Å²) >= 11 is 5.73. The zero-order valence-corrected chi connectivity index (χ0v) is 11.4. The number of rotatable bonds is 2. The third kappa shape index (κ3) is 3.04. The number of halogens is 1. The lowest BCUT2D eigenvalue weighted by Gasteiger charge is -2.30. The van der Waals surface area contributed by atoms with Crippen molar-refractivity contribution in [2.24, 2.45) is 5.92 Å². The van der Waals surface area contributed by atoms with Crippen molar-refractivity contribution in [3.8, 4) is 0 Å². The van der Waals surface area contributed by atoms with E-state index >= 15 is 0 Å². The molecule has 0 saturated carbocycles. The molecule has 1 fully saturated rings. The zero-order valence-electron chi connectivity index (χ0n) is 10.6. The number of carbonyl (C=O) groups is 1. The average Bonchev–Trinajstić information content (AvgIpc) is 2.39. The summed E-state index contributed by atoms with van der Waals surface area (Å²) in [6, 6.07) is 4.19. The van der Waals surface area contributed by atoms with Gasteiger partial charge >= 0.3 is 0 Å². The number of nitro groups is 1. The third-order valence-electron chi connectivity index (χ3n) is 3.46. The number of carbonyl (C=O) groups excluding carboxylic acids is 1. The van der Waals surface area contributed by atoms with Gasteiger partial charge in [-0.25, -0.2) is 0 Å². The van der Waals surface area contributed by atoms with Crippen LogP contribution in [0.5, 0.6) is 0 Å². The van der Waals surface area contributed by atoms with Gasteiger partial charge in [0.25, 0.3) is 11.6 Å². The molecule has 0 unspecified atom stereocenters. The molecule has 19 heavy (non-hydrogen) atoms. The van der Waals surface area contributed by atoms with Gasteiger partial charge in [-0.2, -0.15) is 0 Å². The Morgan fingerprint density at radius 1 is 1.42 bits per heavy atom. The highest BCUT2D eigenvalue weighted by atomic mass is 35.5. The van der Waals surface area contributed by atoms with Crippen LogP contribution >= 0.6 is 11.6 Å². The van der Waals surface area contributed by atoms with Crippen LogP contribution in [0.4, 0.5) is 5.69 Å². The monoisotopic (exact) mass is 282 g/mol. The summed E-state index contributed by atoms with van der Waals surface area (Å²) < 4.78 is 0. The fraction of sp³-hybridized carbons (Fsp3) is 0.462. The molecule has 0 aliphatic carbocycles. The molecular formula is C13H15ClN2O3. The van der Waals surface area contributed by atoms with Crippen molar-refractivity contribution in [3.63, 3.8) is 0 Å². The molecule has 0 N–H and O–H groups in total. The van der Waals surface area contributed by atoms with Gasteiger partial charge in [0.15, 0.2) is 0 Å². The number of piperidine rings is 1. The van der Waals surface area contributed by atoms with E-state index in [1.54, 1.807) is 4.90 Å². The first-order valence-corrected chi connectivity index (χ1v) is 6.60. The average molecular weight is 283 g/mol. The van der Waals surface area contributed by atoms with Crippen LogP contribution in [0, 0.1) is 16.0 Å². The van der Waals surface area contributed by atoms with Crippen molar-refractivity contribution in [1.82, 2.24) is 4.90 Å². The van der Waals surface area contributed by atoms with Gasteiger partial charge in [-0.05, 0) is 30.9 Å². The standard InChI is InChI=1S/C13H15ClN2O3/c1-9-4-6-15(7-5-9)13(17)10-2-3-11(14)12(8-10)16(18)19/h2-3,8-9H,4-7H2,1H3. The van der Waals surface area contributed by atoms with Crippen molar-refractivity contribution in [1.29, 1.82) is 0 Å². The van der Waals surface area contributed by atoms with Crippen molar-refractivity contribution < 1.29 is 9.72 Å². The van der Waals surface area contributed by atoms with Gasteiger partial charge in [0.1, 0.15) is 5.02 Å². The smallest absolute Gasteiger partial charge is 0.288 e. The summed E-state index contributed by atoms with van der Waals surface area (Å²) in [5.74, 6) is 0.468. The summed E-state index contributed by atoms with van der Waals surface area (Å²) in [6.07, 6.45) is 1.95. The van der Waals surface area contributed by atoms with Crippen LogP contribution in [0.1, 0.15) is 30.1 Å². The van der Waals surface area contributed by atoms with E-state index in [1.165, 1.54) is 18.2 Å². The number of hydrogen-bond acceptors (Lipinski definition) is 3. The predicted molar refractivity (Wildman–Crippen MR) is 72.4 cm³/mol. The molecule has 6 heteroatoms. The van der Waals surface area contributed by atoms with E-state index < -0.39 is 4.92 Å². The largest absolute Gasteiger partial charge is 0.339 e. The number of benzene rings is 1. The van der Waals surface area contributed by atoms with Crippen molar-refractivity contribution in [3.05, 3.63) is 38.9 Å². The number of hydrogen-bond donors (Lipinski definition) is 0. The molecule has 0 bridgehead atoms. The maximum Gasteiger partial charge on any atom is 0.288 e. The summed E-state index contributed by atoms with van der Waals surface area (Å²) in [5, 5.41) is 10.9. The van der Waals surface area contributed by atoms with Gasteiger partial charge in [-0.15, -0.1) is 0 Å². The molecule has 0 radical (unpaired) electrons. The van der Waals surface area contributed by atoms with Crippen LogP contribution in [0.2, 0.25) is 5.02 Å². The maximum absolute atomic E-state index is 12.3. The summed E-state index contributed by atoms with van der Waals surface area (Å²) in [5.41, 5.74) is 0.101. The van der Waals surface area contributed by atoms with E-state index in [0.29, 0.717) is 24.6 Å². The van der Waals surface area contributed by atoms with Crippen LogP contribution < -0.4 is 0 Å². The minimum Gasteiger partial charge on any atom is -0.339 e. The van der Waals surface area contributed by atoms with Crippen LogP contribution in [-0.2, 0) is 0 Å². The first kappa shape index (κ1) is 13.8. The van der Waals surface area contributed by atoms with Gasteiger partial charge < -0.3 is 4.90 Å². The minimum atomic E-state index is -0.572. The van der Waals surface area contributed by atoms with E-state index in [-0.39, 0.29) is 16.6 Å². The maximum atomic E-state index is 12.3. The highest BCUT2D eigenvalue weighted by Gasteiger charge is 2.23. The van der Waals surface area contributed by atoms with Gasteiger partial charge in [0.2, 0.25) is 0 Å². The third-order valence-corrected chi connectivity index (χ3v) is 3.78. The Hall–Kier alpha value is -1.62. The second-order valence-corrected chi connectivity index (χ2v) is 5.31. The molecule has 1 heterocycles. The summed E-state index contributed by atoms with van der Waals surface area (Å²) in [6.45, 7) is 3.57. The molecule has 1 amide bonds. The summed E-state index contributed by atoms with van der Waals surface area (Å²) in [4.78, 5) is 24.2. The van der Waals surface area contributed by atoms with E-state index in [2.05, 4.69) is 6.92 Å². The van der Waals surface area contributed by atoms with Gasteiger partial charge in [-0.1, -0.05) is 18.5 Å². The molecule has 1 aliphatic rings. The minimum absolute atomic E-state index is 0.0498. The molecule has 1 aromatic rings. The molecule has 0 aromatic heterocycles. The second kappa shape index (κ2) is 5.57. The SMILES string of the molecule is CC1CCN(C(=O)c2ccc(Cl)c([N+](=O)[O-])c2)CC1. The Morgan fingerprint density at radius 3 is 2.63 bits per heavy atom. The predicted octanol–water partition coefficient (Wildman–Crippen LogP) is 3.12. The number of nitrogens with zero attached hydrogens (tertiary/aromatic N) is 2. The second-order valence-electron chi connectivity index (χ2n) is 4.90. The van der Waals surface area contributed by atoms with E-state index in [9.17, 15) is 14.9 Å². The summed E-state index contributed by atoms with van der Waals surface area (Å²) in [7, 11) is 0. The van der Waals surface area contributed by atoms with Crippen LogP contribution in [-0.4, -0.2) is 28.8 Å².